The lowest BCUT2D eigenvalue weighted by Gasteiger charge is -2.29. The highest BCUT2D eigenvalue weighted by Gasteiger charge is 2.38. The van der Waals surface area contributed by atoms with E-state index in [1.807, 2.05) is 30.3 Å². The number of benzene rings is 1. The number of likely N-dealkylation sites (tertiary alicyclic amines) is 1. The standard InChI is InChI=1S/C15H21N3O3/c1-15(16,11-6-4-3-5-7-11)13(19)18-9-8-12(10-18)17-14(20)21-2/h3-7,12H,8-10,16H2,1-2H3,(H,17,20). The summed E-state index contributed by atoms with van der Waals surface area (Å²) in [5, 5.41) is 2.71. The maximum absolute atomic E-state index is 12.6. The van der Waals surface area contributed by atoms with Crippen LogP contribution in [0.4, 0.5) is 4.79 Å². The molecular formula is C15H21N3O3. The molecule has 0 aliphatic carbocycles. The second kappa shape index (κ2) is 6.13. The fourth-order valence-electron chi connectivity index (χ4n) is 2.52. The average Bonchev–Trinajstić information content (AvgIpc) is 2.95. The summed E-state index contributed by atoms with van der Waals surface area (Å²) in [6, 6.07) is 9.21. The van der Waals surface area contributed by atoms with Gasteiger partial charge in [0.1, 0.15) is 5.54 Å². The molecule has 0 spiro atoms. The Morgan fingerprint density at radius 1 is 1.38 bits per heavy atom. The van der Waals surface area contributed by atoms with Crippen LogP contribution in [0.5, 0.6) is 0 Å². The Labute approximate surface area is 124 Å². The van der Waals surface area contributed by atoms with E-state index in [-0.39, 0.29) is 11.9 Å². The van der Waals surface area contributed by atoms with Crippen LogP contribution in [0.1, 0.15) is 18.9 Å². The highest BCUT2D eigenvalue weighted by molar-refractivity contribution is 5.87. The quantitative estimate of drug-likeness (QED) is 0.863. The van der Waals surface area contributed by atoms with Gasteiger partial charge < -0.3 is 20.7 Å². The van der Waals surface area contributed by atoms with E-state index in [1.54, 1.807) is 11.8 Å². The van der Waals surface area contributed by atoms with E-state index in [9.17, 15) is 9.59 Å². The van der Waals surface area contributed by atoms with Gasteiger partial charge in [-0.25, -0.2) is 4.79 Å². The Kier molecular flexibility index (Phi) is 4.47. The smallest absolute Gasteiger partial charge is 0.407 e. The molecule has 3 N–H and O–H groups in total. The highest BCUT2D eigenvalue weighted by Crippen LogP contribution is 2.23. The summed E-state index contributed by atoms with van der Waals surface area (Å²) < 4.78 is 4.57. The zero-order chi connectivity index (χ0) is 15.5. The summed E-state index contributed by atoms with van der Waals surface area (Å²) >= 11 is 0. The van der Waals surface area contributed by atoms with Crippen LogP contribution in [0, 0.1) is 0 Å². The predicted molar refractivity (Wildman–Crippen MR) is 78.5 cm³/mol. The Morgan fingerprint density at radius 2 is 2.05 bits per heavy atom. The summed E-state index contributed by atoms with van der Waals surface area (Å²) in [4.78, 5) is 25.5. The van der Waals surface area contributed by atoms with Gasteiger partial charge in [-0.3, -0.25) is 4.79 Å². The zero-order valence-electron chi connectivity index (χ0n) is 12.3. The summed E-state index contributed by atoms with van der Waals surface area (Å²) in [5.74, 6) is -0.136. The molecule has 6 heteroatoms. The normalized spacial score (nSPS) is 20.7. The SMILES string of the molecule is COC(=O)NC1CCN(C(=O)C(C)(N)c2ccccc2)C1. The van der Waals surface area contributed by atoms with Gasteiger partial charge in [0.25, 0.3) is 0 Å². The van der Waals surface area contributed by atoms with Crippen molar-refractivity contribution in [3.05, 3.63) is 35.9 Å². The topological polar surface area (TPSA) is 84.7 Å². The van der Waals surface area contributed by atoms with Gasteiger partial charge in [-0.15, -0.1) is 0 Å². The van der Waals surface area contributed by atoms with E-state index in [0.717, 1.165) is 5.56 Å². The van der Waals surface area contributed by atoms with Crippen molar-refractivity contribution in [1.82, 2.24) is 10.2 Å². The Balaban J connectivity index is 2.03. The van der Waals surface area contributed by atoms with Gasteiger partial charge in [0.2, 0.25) is 5.91 Å². The van der Waals surface area contributed by atoms with Crippen LogP contribution in [0.15, 0.2) is 30.3 Å². The lowest BCUT2D eigenvalue weighted by Crippen LogP contribution is -2.51. The van der Waals surface area contributed by atoms with Crippen LogP contribution in [-0.4, -0.2) is 43.1 Å². The third-order valence-electron chi connectivity index (χ3n) is 3.80. The number of nitrogens with two attached hydrogens (primary N) is 1. The summed E-state index contributed by atoms with van der Waals surface area (Å²) in [7, 11) is 1.32. The summed E-state index contributed by atoms with van der Waals surface area (Å²) in [6.07, 6.45) is 0.221. The molecule has 1 heterocycles. The number of ether oxygens (including phenoxy) is 1. The van der Waals surface area contributed by atoms with Gasteiger partial charge in [0, 0.05) is 13.1 Å². The third kappa shape index (κ3) is 3.33. The summed E-state index contributed by atoms with van der Waals surface area (Å²) in [6.45, 7) is 2.74. The van der Waals surface area contributed by atoms with Crippen LogP contribution in [0.25, 0.3) is 0 Å². The minimum atomic E-state index is -1.07. The van der Waals surface area contributed by atoms with E-state index in [1.165, 1.54) is 7.11 Å². The summed E-state index contributed by atoms with van der Waals surface area (Å²) in [5.41, 5.74) is 5.94. The van der Waals surface area contributed by atoms with Gasteiger partial charge in [-0.05, 0) is 18.9 Å². The molecule has 1 fully saturated rings. The number of alkyl carbamates (subject to hydrolysis) is 1. The molecule has 0 aromatic heterocycles. The Hall–Kier alpha value is -2.08. The average molecular weight is 291 g/mol. The molecule has 1 aromatic rings. The fourth-order valence-corrected chi connectivity index (χ4v) is 2.52. The maximum atomic E-state index is 12.6. The van der Waals surface area contributed by atoms with Gasteiger partial charge in [0.05, 0.1) is 13.2 Å². The lowest BCUT2D eigenvalue weighted by atomic mass is 9.92. The molecule has 1 saturated heterocycles. The van der Waals surface area contributed by atoms with Crippen LogP contribution < -0.4 is 11.1 Å². The number of nitrogens with zero attached hydrogens (tertiary/aromatic N) is 1. The van der Waals surface area contributed by atoms with Crippen molar-refractivity contribution in [2.45, 2.75) is 24.9 Å². The molecule has 0 saturated carbocycles. The van der Waals surface area contributed by atoms with Crippen molar-refractivity contribution < 1.29 is 14.3 Å². The van der Waals surface area contributed by atoms with Crippen LogP contribution in [-0.2, 0) is 15.1 Å². The molecule has 114 valence electrons. The second-order valence-electron chi connectivity index (χ2n) is 5.44. The molecule has 2 amide bonds. The molecule has 1 aliphatic heterocycles. The molecule has 21 heavy (non-hydrogen) atoms. The predicted octanol–water partition coefficient (Wildman–Crippen LogP) is 0.817. The molecule has 0 bridgehead atoms. The maximum Gasteiger partial charge on any atom is 0.407 e. The third-order valence-corrected chi connectivity index (χ3v) is 3.80. The van der Waals surface area contributed by atoms with Gasteiger partial charge in [-0.2, -0.15) is 0 Å². The van der Waals surface area contributed by atoms with Crippen molar-refractivity contribution in [1.29, 1.82) is 0 Å². The molecule has 2 unspecified atom stereocenters. The monoisotopic (exact) mass is 291 g/mol. The van der Waals surface area contributed by atoms with Crippen molar-refractivity contribution in [3.63, 3.8) is 0 Å². The van der Waals surface area contributed by atoms with E-state index in [4.69, 9.17) is 5.73 Å². The van der Waals surface area contributed by atoms with E-state index in [2.05, 4.69) is 10.1 Å². The molecule has 2 atom stereocenters. The number of methoxy groups -OCH3 is 1. The van der Waals surface area contributed by atoms with Crippen LogP contribution in [0.2, 0.25) is 0 Å². The first-order valence-corrected chi connectivity index (χ1v) is 6.93. The second-order valence-corrected chi connectivity index (χ2v) is 5.44. The Morgan fingerprint density at radius 3 is 2.67 bits per heavy atom. The van der Waals surface area contributed by atoms with Crippen molar-refractivity contribution >= 4 is 12.0 Å². The van der Waals surface area contributed by atoms with Crippen molar-refractivity contribution in [3.8, 4) is 0 Å². The zero-order valence-corrected chi connectivity index (χ0v) is 12.3. The molecule has 0 radical (unpaired) electrons. The molecule has 1 aliphatic rings. The number of carbonyl (C=O) groups is 2. The minimum Gasteiger partial charge on any atom is -0.453 e. The van der Waals surface area contributed by atoms with Crippen molar-refractivity contribution in [2.24, 2.45) is 5.73 Å². The highest BCUT2D eigenvalue weighted by atomic mass is 16.5. The largest absolute Gasteiger partial charge is 0.453 e. The molecular weight excluding hydrogens is 270 g/mol. The number of rotatable bonds is 3. The van der Waals surface area contributed by atoms with E-state index in [0.29, 0.717) is 19.5 Å². The molecule has 2 rings (SSSR count). The first-order chi connectivity index (χ1) is 9.95. The number of hydrogen-bond donors (Lipinski definition) is 2. The first-order valence-electron chi connectivity index (χ1n) is 6.93. The van der Waals surface area contributed by atoms with Crippen molar-refractivity contribution in [2.75, 3.05) is 20.2 Å². The molecule has 6 nitrogen and oxygen atoms in total. The number of hydrogen-bond acceptors (Lipinski definition) is 4. The Bertz CT molecular complexity index is 516. The first kappa shape index (κ1) is 15.3. The molecule has 1 aromatic carbocycles. The van der Waals surface area contributed by atoms with Crippen LogP contribution in [0.3, 0.4) is 0 Å². The van der Waals surface area contributed by atoms with Gasteiger partial charge >= 0.3 is 6.09 Å². The minimum absolute atomic E-state index is 0.0898. The lowest BCUT2D eigenvalue weighted by molar-refractivity contribution is -0.135. The number of carbonyl (C=O) groups excluding carboxylic acids is 2. The van der Waals surface area contributed by atoms with Crippen LogP contribution >= 0.6 is 0 Å². The van der Waals surface area contributed by atoms with E-state index >= 15 is 0 Å². The fraction of sp³-hybridized carbons (Fsp3) is 0.467. The number of amides is 2. The number of nitrogens with one attached hydrogen (secondary N) is 1. The van der Waals surface area contributed by atoms with Gasteiger partial charge in [-0.1, -0.05) is 30.3 Å². The van der Waals surface area contributed by atoms with Gasteiger partial charge in [0.15, 0.2) is 0 Å². The van der Waals surface area contributed by atoms with E-state index < -0.39 is 11.6 Å².